The first-order valence-electron chi connectivity index (χ1n) is 3.36. The van der Waals surface area contributed by atoms with Crippen LogP contribution < -0.4 is 5.73 Å². The van der Waals surface area contributed by atoms with E-state index < -0.39 is 12.2 Å². The van der Waals surface area contributed by atoms with Gasteiger partial charge in [-0.2, -0.15) is 13.2 Å². The zero-order valence-corrected chi connectivity index (χ0v) is 6.47. The van der Waals surface area contributed by atoms with E-state index in [4.69, 9.17) is 5.73 Å². The standard InChI is InChI=1S/C7H9F3N2/c1-12-4-2-3-5(12)6(11)7(8,9)10/h2-4,6H,11H2,1H3/t6-/m1/s1. The number of nitrogens with zero attached hydrogens (tertiary/aromatic N) is 1. The second-order valence-corrected chi connectivity index (χ2v) is 2.56. The molecule has 0 spiro atoms. The van der Waals surface area contributed by atoms with Gasteiger partial charge in [-0.15, -0.1) is 0 Å². The summed E-state index contributed by atoms with van der Waals surface area (Å²) in [5.41, 5.74) is 5.04. The lowest BCUT2D eigenvalue weighted by Crippen LogP contribution is -2.29. The molecule has 0 aliphatic heterocycles. The number of aryl methyl sites for hydroxylation is 1. The van der Waals surface area contributed by atoms with Crippen molar-refractivity contribution in [3.05, 3.63) is 24.0 Å². The third kappa shape index (κ3) is 1.61. The molecule has 0 radical (unpaired) electrons. The molecule has 0 saturated heterocycles. The minimum absolute atomic E-state index is 0.0718. The summed E-state index contributed by atoms with van der Waals surface area (Å²) < 4.78 is 37.5. The monoisotopic (exact) mass is 178 g/mol. The van der Waals surface area contributed by atoms with Crippen molar-refractivity contribution >= 4 is 0 Å². The van der Waals surface area contributed by atoms with Crippen molar-refractivity contribution in [2.45, 2.75) is 12.2 Å². The molecule has 2 nitrogen and oxygen atoms in total. The van der Waals surface area contributed by atoms with Crippen LogP contribution in [0.3, 0.4) is 0 Å². The van der Waals surface area contributed by atoms with Crippen LogP contribution in [-0.4, -0.2) is 10.7 Å². The Morgan fingerprint density at radius 3 is 2.42 bits per heavy atom. The Hall–Kier alpha value is -0.970. The molecule has 0 aliphatic rings. The van der Waals surface area contributed by atoms with Gasteiger partial charge >= 0.3 is 6.18 Å². The second kappa shape index (κ2) is 2.82. The molecule has 1 aromatic heterocycles. The Bertz CT molecular complexity index is 264. The summed E-state index contributed by atoms with van der Waals surface area (Å²) in [4.78, 5) is 0. The fraction of sp³-hybridized carbons (Fsp3) is 0.429. The van der Waals surface area contributed by atoms with E-state index in [-0.39, 0.29) is 5.69 Å². The summed E-state index contributed by atoms with van der Waals surface area (Å²) in [5.74, 6) is 0. The molecule has 1 atom stereocenters. The zero-order chi connectivity index (χ0) is 9.35. The molecule has 12 heavy (non-hydrogen) atoms. The quantitative estimate of drug-likeness (QED) is 0.695. The van der Waals surface area contributed by atoms with Gasteiger partial charge in [0, 0.05) is 18.9 Å². The first-order valence-corrected chi connectivity index (χ1v) is 3.36. The van der Waals surface area contributed by atoms with Gasteiger partial charge in [-0.3, -0.25) is 0 Å². The molecule has 0 unspecified atom stereocenters. The molecule has 1 rings (SSSR count). The summed E-state index contributed by atoms with van der Waals surface area (Å²) in [6, 6.07) is 0.997. The van der Waals surface area contributed by atoms with Crippen LogP contribution in [0.1, 0.15) is 11.7 Å². The Morgan fingerprint density at radius 1 is 1.50 bits per heavy atom. The normalized spacial score (nSPS) is 14.8. The predicted octanol–water partition coefficient (Wildman–Crippen LogP) is 1.59. The number of halogens is 3. The van der Waals surface area contributed by atoms with Crippen molar-refractivity contribution in [2.75, 3.05) is 0 Å². The summed E-state index contributed by atoms with van der Waals surface area (Å²) in [7, 11) is 1.53. The minimum atomic E-state index is -4.37. The molecule has 68 valence electrons. The average molecular weight is 178 g/mol. The minimum Gasteiger partial charge on any atom is -0.353 e. The van der Waals surface area contributed by atoms with Gasteiger partial charge in [0.2, 0.25) is 0 Å². The zero-order valence-electron chi connectivity index (χ0n) is 6.47. The van der Waals surface area contributed by atoms with Gasteiger partial charge in [-0.1, -0.05) is 0 Å². The van der Waals surface area contributed by atoms with Crippen molar-refractivity contribution < 1.29 is 13.2 Å². The highest BCUT2D eigenvalue weighted by Gasteiger charge is 2.38. The first kappa shape index (κ1) is 9.12. The van der Waals surface area contributed by atoms with Crippen LogP contribution in [-0.2, 0) is 7.05 Å². The molecule has 1 heterocycles. The molecule has 0 saturated carbocycles. The fourth-order valence-corrected chi connectivity index (χ4v) is 0.965. The van der Waals surface area contributed by atoms with E-state index in [1.54, 1.807) is 0 Å². The number of hydrogen-bond donors (Lipinski definition) is 1. The molecule has 0 fully saturated rings. The van der Waals surface area contributed by atoms with Gasteiger partial charge in [-0.05, 0) is 12.1 Å². The van der Waals surface area contributed by atoms with E-state index in [2.05, 4.69) is 0 Å². The lowest BCUT2D eigenvalue weighted by atomic mass is 10.2. The van der Waals surface area contributed by atoms with Crippen LogP contribution in [0, 0.1) is 0 Å². The number of nitrogens with two attached hydrogens (primary N) is 1. The fourth-order valence-electron chi connectivity index (χ4n) is 0.965. The predicted molar refractivity (Wildman–Crippen MR) is 38.4 cm³/mol. The molecule has 1 aromatic rings. The third-order valence-electron chi connectivity index (χ3n) is 1.66. The van der Waals surface area contributed by atoms with E-state index in [9.17, 15) is 13.2 Å². The number of rotatable bonds is 1. The van der Waals surface area contributed by atoms with Crippen LogP contribution in [0.2, 0.25) is 0 Å². The first-order chi connectivity index (χ1) is 5.43. The SMILES string of the molecule is Cn1cccc1[C@@H](N)C(F)(F)F. The van der Waals surface area contributed by atoms with Crippen molar-refractivity contribution in [3.63, 3.8) is 0 Å². The molecule has 5 heteroatoms. The maximum Gasteiger partial charge on any atom is 0.409 e. The molecule has 2 N–H and O–H groups in total. The topological polar surface area (TPSA) is 30.9 Å². The average Bonchev–Trinajstić information content (AvgIpc) is 2.31. The van der Waals surface area contributed by atoms with Crippen LogP contribution in [0.25, 0.3) is 0 Å². The van der Waals surface area contributed by atoms with Crippen molar-refractivity contribution in [1.82, 2.24) is 4.57 Å². The van der Waals surface area contributed by atoms with Gasteiger partial charge in [0.1, 0.15) is 6.04 Å². The largest absolute Gasteiger partial charge is 0.409 e. The molecular formula is C7H9F3N2. The number of hydrogen-bond acceptors (Lipinski definition) is 1. The Labute approximate surface area is 67.8 Å². The number of alkyl halides is 3. The maximum atomic E-state index is 12.1. The Balaban J connectivity index is 2.92. The Morgan fingerprint density at radius 2 is 2.08 bits per heavy atom. The number of aromatic nitrogens is 1. The smallest absolute Gasteiger partial charge is 0.353 e. The van der Waals surface area contributed by atoms with E-state index in [0.29, 0.717) is 0 Å². The highest BCUT2D eigenvalue weighted by atomic mass is 19.4. The van der Waals surface area contributed by atoms with Crippen LogP contribution in [0.4, 0.5) is 13.2 Å². The van der Waals surface area contributed by atoms with Crippen LogP contribution >= 0.6 is 0 Å². The Kier molecular flexibility index (Phi) is 2.14. The lowest BCUT2D eigenvalue weighted by Gasteiger charge is -2.16. The van der Waals surface area contributed by atoms with Crippen molar-refractivity contribution in [3.8, 4) is 0 Å². The summed E-state index contributed by atoms with van der Waals surface area (Å²) in [5, 5.41) is 0. The van der Waals surface area contributed by atoms with Gasteiger partial charge in [0.05, 0.1) is 0 Å². The molecule has 0 aliphatic carbocycles. The molecule has 0 aromatic carbocycles. The van der Waals surface area contributed by atoms with Crippen LogP contribution in [0.5, 0.6) is 0 Å². The van der Waals surface area contributed by atoms with Gasteiger partial charge in [0.15, 0.2) is 0 Å². The van der Waals surface area contributed by atoms with E-state index >= 15 is 0 Å². The lowest BCUT2D eigenvalue weighted by molar-refractivity contribution is -0.150. The third-order valence-corrected chi connectivity index (χ3v) is 1.66. The van der Waals surface area contributed by atoms with Gasteiger partial charge in [0.25, 0.3) is 0 Å². The second-order valence-electron chi connectivity index (χ2n) is 2.56. The summed E-state index contributed by atoms with van der Waals surface area (Å²) in [6.07, 6.45) is -2.84. The highest BCUT2D eigenvalue weighted by molar-refractivity contribution is 5.12. The molecule has 0 amide bonds. The van der Waals surface area contributed by atoms with Crippen molar-refractivity contribution in [2.24, 2.45) is 12.8 Å². The molecule has 0 bridgehead atoms. The maximum absolute atomic E-state index is 12.1. The van der Waals surface area contributed by atoms with E-state index in [1.807, 2.05) is 0 Å². The van der Waals surface area contributed by atoms with E-state index in [0.717, 1.165) is 0 Å². The summed E-state index contributed by atoms with van der Waals surface area (Å²) >= 11 is 0. The van der Waals surface area contributed by atoms with Gasteiger partial charge < -0.3 is 10.3 Å². The van der Waals surface area contributed by atoms with Crippen molar-refractivity contribution in [1.29, 1.82) is 0 Å². The molecular weight excluding hydrogens is 169 g/mol. The summed E-state index contributed by atoms with van der Waals surface area (Å²) in [6.45, 7) is 0. The highest BCUT2D eigenvalue weighted by Crippen LogP contribution is 2.29. The van der Waals surface area contributed by atoms with Crippen LogP contribution in [0.15, 0.2) is 18.3 Å². The van der Waals surface area contributed by atoms with E-state index in [1.165, 1.54) is 29.9 Å². The van der Waals surface area contributed by atoms with Gasteiger partial charge in [-0.25, -0.2) is 0 Å².